The maximum atomic E-state index is 12.2. The van der Waals surface area contributed by atoms with Gasteiger partial charge in [-0.3, -0.25) is 0 Å². The summed E-state index contributed by atoms with van der Waals surface area (Å²) in [5, 5.41) is 6.07. The zero-order chi connectivity index (χ0) is 16.1. The SMILES string of the molecule is CCC1CCCCC1NC(=O)Nc1ccc(N2CCCC2)nc1. The minimum absolute atomic E-state index is 0.105. The Kier molecular flexibility index (Phi) is 5.36. The molecule has 2 heterocycles. The van der Waals surface area contributed by atoms with Crippen LogP contribution in [0, 0.1) is 5.92 Å². The maximum Gasteiger partial charge on any atom is 0.319 e. The second kappa shape index (κ2) is 7.66. The van der Waals surface area contributed by atoms with E-state index in [9.17, 15) is 4.79 Å². The van der Waals surface area contributed by atoms with E-state index in [0.29, 0.717) is 12.0 Å². The molecule has 126 valence electrons. The van der Waals surface area contributed by atoms with E-state index in [2.05, 4.69) is 27.4 Å². The molecular formula is C18H28N4O. The third kappa shape index (κ3) is 4.15. The number of rotatable bonds is 4. The first kappa shape index (κ1) is 16.1. The number of urea groups is 1. The van der Waals surface area contributed by atoms with Crippen molar-refractivity contribution in [2.24, 2.45) is 5.92 Å². The number of nitrogens with one attached hydrogen (secondary N) is 2. The van der Waals surface area contributed by atoms with Crippen LogP contribution in [-0.2, 0) is 0 Å². The van der Waals surface area contributed by atoms with Crippen LogP contribution in [0.2, 0.25) is 0 Å². The molecule has 1 aliphatic carbocycles. The largest absolute Gasteiger partial charge is 0.357 e. The second-order valence-corrected chi connectivity index (χ2v) is 6.76. The normalized spacial score (nSPS) is 24.5. The van der Waals surface area contributed by atoms with Gasteiger partial charge in [-0.15, -0.1) is 0 Å². The predicted molar refractivity (Wildman–Crippen MR) is 93.9 cm³/mol. The summed E-state index contributed by atoms with van der Waals surface area (Å²) in [4.78, 5) is 19.0. The fourth-order valence-electron chi connectivity index (χ4n) is 3.82. The van der Waals surface area contributed by atoms with E-state index in [1.807, 2.05) is 12.1 Å². The number of hydrogen-bond acceptors (Lipinski definition) is 3. The summed E-state index contributed by atoms with van der Waals surface area (Å²) in [6.07, 6.45) is 10.2. The molecule has 1 aliphatic heterocycles. The van der Waals surface area contributed by atoms with E-state index in [0.717, 1.165) is 37.4 Å². The van der Waals surface area contributed by atoms with Gasteiger partial charge in [0.25, 0.3) is 0 Å². The van der Waals surface area contributed by atoms with Crippen LogP contribution in [0.5, 0.6) is 0 Å². The summed E-state index contributed by atoms with van der Waals surface area (Å²) < 4.78 is 0. The summed E-state index contributed by atoms with van der Waals surface area (Å²) in [6.45, 7) is 4.38. The van der Waals surface area contributed by atoms with E-state index in [-0.39, 0.29) is 6.03 Å². The molecule has 0 bridgehead atoms. The molecule has 0 aromatic carbocycles. The fraction of sp³-hybridized carbons (Fsp3) is 0.667. The van der Waals surface area contributed by atoms with Crippen LogP contribution >= 0.6 is 0 Å². The van der Waals surface area contributed by atoms with Crippen LogP contribution in [0.3, 0.4) is 0 Å². The molecule has 2 unspecified atom stereocenters. The highest BCUT2D eigenvalue weighted by Crippen LogP contribution is 2.27. The van der Waals surface area contributed by atoms with Crippen LogP contribution in [0.1, 0.15) is 51.9 Å². The third-order valence-electron chi connectivity index (χ3n) is 5.19. The topological polar surface area (TPSA) is 57.3 Å². The first-order valence-electron chi connectivity index (χ1n) is 9.05. The lowest BCUT2D eigenvalue weighted by atomic mass is 9.83. The van der Waals surface area contributed by atoms with Gasteiger partial charge in [-0.2, -0.15) is 0 Å². The van der Waals surface area contributed by atoms with E-state index in [4.69, 9.17) is 0 Å². The standard InChI is InChI=1S/C18H28N4O/c1-2-14-7-3-4-8-16(14)21-18(23)20-15-9-10-17(19-13-15)22-11-5-6-12-22/h9-10,13-14,16H,2-8,11-12H2,1H3,(H2,20,21,23). The van der Waals surface area contributed by atoms with Gasteiger partial charge in [-0.25, -0.2) is 9.78 Å². The fourth-order valence-corrected chi connectivity index (χ4v) is 3.82. The minimum Gasteiger partial charge on any atom is -0.357 e. The molecule has 2 aliphatic rings. The highest BCUT2D eigenvalue weighted by molar-refractivity contribution is 5.89. The molecule has 1 aromatic rings. The Morgan fingerprint density at radius 2 is 2.00 bits per heavy atom. The molecule has 2 N–H and O–H groups in total. The Hall–Kier alpha value is -1.78. The molecular weight excluding hydrogens is 288 g/mol. The van der Waals surface area contributed by atoms with Crippen molar-refractivity contribution < 1.29 is 4.79 Å². The van der Waals surface area contributed by atoms with Gasteiger partial charge < -0.3 is 15.5 Å². The molecule has 1 saturated heterocycles. The van der Waals surface area contributed by atoms with E-state index in [1.165, 1.54) is 32.1 Å². The third-order valence-corrected chi connectivity index (χ3v) is 5.19. The van der Waals surface area contributed by atoms with Gasteiger partial charge in [0.2, 0.25) is 0 Å². The number of carbonyl (C=O) groups is 1. The summed E-state index contributed by atoms with van der Waals surface area (Å²) in [6, 6.07) is 4.14. The summed E-state index contributed by atoms with van der Waals surface area (Å²) in [7, 11) is 0. The molecule has 1 saturated carbocycles. The summed E-state index contributed by atoms with van der Waals surface area (Å²) >= 11 is 0. The number of hydrogen-bond donors (Lipinski definition) is 2. The van der Waals surface area contributed by atoms with Crippen LogP contribution in [0.15, 0.2) is 18.3 Å². The molecule has 0 radical (unpaired) electrons. The highest BCUT2D eigenvalue weighted by Gasteiger charge is 2.25. The number of carbonyl (C=O) groups excluding carboxylic acids is 1. The maximum absolute atomic E-state index is 12.2. The van der Waals surface area contributed by atoms with Gasteiger partial charge >= 0.3 is 6.03 Å². The zero-order valence-corrected chi connectivity index (χ0v) is 14.1. The summed E-state index contributed by atoms with van der Waals surface area (Å²) in [5.74, 6) is 1.62. The number of pyridine rings is 1. The lowest BCUT2D eigenvalue weighted by molar-refractivity contribution is 0.226. The van der Waals surface area contributed by atoms with Crippen molar-refractivity contribution >= 4 is 17.5 Å². The molecule has 5 heteroatoms. The lowest BCUT2D eigenvalue weighted by Gasteiger charge is -2.31. The van der Waals surface area contributed by atoms with Crippen molar-refractivity contribution in [3.05, 3.63) is 18.3 Å². The molecule has 0 spiro atoms. The van der Waals surface area contributed by atoms with E-state index < -0.39 is 0 Å². The Bertz CT molecular complexity index is 510. The van der Waals surface area contributed by atoms with Crippen LogP contribution in [-0.4, -0.2) is 30.1 Å². The summed E-state index contributed by atoms with van der Waals surface area (Å²) in [5.41, 5.74) is 0.759. The first-order chi connectivity index (χ1) is 11.3. The second-order valence-electron chi connectivity index (χ2n) is 6.76. The van der Waals surface area contributed by atoms with Gasteiger partial charge in [-0.1, -0.05) is 26.2 Å². The Labute approximate surface area is 138 Å². The monoisotopic (exact) mass is 316 g/mol. The highest BCUT2D eigenvalue weighted by atomic mass is 16.2. The molecule has 2 amide bonds. The van der Waals surface area contributed by atoms with Gasteiger partial charge in [0.05, 0.1) is 11.9 Å². The smallest absolute Gasteiger partial charge is 0.319 e. The predicted octanol–water partition coefficient (Wildman–Crippen LogP) is 3.77. The number of anilines is 2. The minimum atomic E-state index is -0.105. The van der Waals surface area contributed by atoms with E-state index >= 15 is 0 Å². The quantitative estimate of drug-likeness (QED) is 0.889. The number of nitrogens with zero attached hydrogens (tertiary/aromatic N) is 2. The van der Waals surface area contributed by atoms with Crippen molar-refractivity contribution in [3.8, 4) is 0 Å². The van der Waals surface area contributed by atoms with Gasteiger partial charge in [-0.05, 0) is 43.7 Å². The van der Waals surface area contributed by atoms with Crippen LogP contribution in [0.4, 0.5) is 16.3 Å². The molecule has 1 aromatic heterocycles. The first-order valence-corrected chi connectivity index (χ1v) is 9.05. The van der Waals surface area contributed by atoms with Crippen LogP contribution < -0.4 is 15.5 Å². The molecule has 5 nitrogen and oxygen atoms in total. The average molecular weight is 316 g/mol. The number of amides is 2. The van der Waals surface area contributed by atoms with Crippen molar-refractivity contribution in [2.45, 2.75) is 57.9 Å². The zero-order valence-electron chi connectivity index (χ0n) is 14.1. The van der Waals surface area contributed by atoms with Crippen molar-refractivity contribution in [1.82, 2.24) is 10.3 Å². The van der Waals surface area contributed by atoms with Crippen molar-refractivity contribution in [2.75, 3.05) is 23.3 Å². The van der Waals surface area contributed by atoms with Crippen LogP contribution in [0.25, 0.3) is 0 Å². The lowest BCUT2D eigenvalue weighted by Crippen LogP contribution is -2.43. The Balaban J connectivity index is 1.52. The number of aromatic nitrogens is 1. The van der Waals surface area contributed by atoms with Gasteiger partial charge in [0.15, 0.2) is 0 Å². The molecule has 23 heavy (non-hydrogen) atoms. The van der Waals surface area contributed by atoms with Gasteiger partial charge in [0, 0.05) is 19.1 Å². The van der Waals surface area contributed by atoms with Gasteiger partial charge in [0.1, 0.15) is 5.82 Å². The Morgan fingerprint density at radius 1 is 1.22 bits per heavy atom. The average Bonchev–Trinajstić information content (AvgIpc) is 3.10. The molecule has 2 atom stereocenters. The molecule has 3 rings (SSSR count). The van der Waals surface area contributed by atoms with Crippen molar-refractivity contribution in [3.63, 3.8) is 0 Å². The molecule has 2 fully saturated rings. The van der Waals surface area contributed by atoms with Crippen molar-refractivity contribution in [1.29, 1.82) is 0 Å². The Morgan fingerprint density at radius 3 is 2.70 bits per heavy atom. The van der Waals surface area contributed by atoms with E-state index in [1.54, 1.807) is 6.20 Å².